The van der Waals surface area contributed by atoms with Crippen LogP contribution in [-0.4, -0.2) is 23.4 Å². The number of rotatable bonds is 5. The molecule has 36 heavy (non-hydrogen) atoms. The van der Waals surface area contributed by atoms with Gasteiger partial charge < -0.3 is 9.64 Å². The van der Waals surface area contributed by atoms with Crippen molar-refractivity contribution in [2.45, 2.75) is 25.9 Å². The highest BCUT2D eigenvalue weighted by Gasteiger charge is 2.38. The van der Waals surface area contributed by atoms with Crippen molar-refractivity contribution in [1.82, 2.24) is 4.90 Å². The molecule has 0 radical (unpaired) electrons. The maximum absolute atomic E-state index is 13.2. The molecular formula is C28H23Cl2N3O2S. The predicted molar refractivity (Wildman–Crippen MR) is 145 cm³/mol. The van der Waals surface area contributed by atoms with E-state index in [1.54, 1.807) is 4.90 Å². The number of nitriles is 1. The van der Waals surface area contributed by atoms with Crippen molar-refractivity contribution in [3.8, 4) is 11.8 Å². The number of hydrogen-bond donors (Lipinski definition) is 0. The van der Waals surface area contributed by atoms with Crippen molar-refractivity contribution in [2.75, 3.05) is 17.4 Å². The monoisotopic (exact) mass is 535 g/mol. The van der Waals surface area contributed by atoms with Gasteiger partial charge >= 0.3 is 0 Å². The molecule has 5 rings (SSSR count). The molecule has 0 bridgehead atoms. The summed E-state index contributed by atoms with van der Waals surface area (Å²) in [6.07, 6.45) is 0.245. The number of ether oxygens (including phenoxy) is 1. The summed E-state index contributed by atoms with van der Waals surface area (Å²) in [5, 5.41) is 12.2. The SMILES string of the molecule is Cc1c(Cl)cccc1N1CSC2=C(C#N)[C@H](c3ccc(OCc4ccccc4Cl)cc3)CC(=O)N2C1. The summed E-state index contributed by atoms with van der Waals surface area (Å²) in [7, 11) is 0. The Morgan fingerprint density at radius 1 is 1.06 bits per heavy atom. The second-order valence-electron chi connectivity index (χ2n) is 8.70. The number of anilines is 1. The average molecular weight is 536 g/mol. The molecule has 0 aromatic heterocycles. The normalized spacial score (nSPS) is 17.6. The maximum atomic E-state index is 13.2. The molecule has 5 nitrogen and oxygen atoms in total. The van der Waals surface area contributed by atoms with Crippen molar-refractivity contribution in [3.63, 3.8) is 0 Å². The molecule has 2 heterocycles. The van der Waals surface area contributed by atoms with Crippen LogP contribution in [0.3, 0.4) is 0 Å². The third-order valence-electron chi connectivity index (χ3n) is 6.51. The molecule has 2 aliphatic heterocycles. The number of nitrogens with zero attached hydrogens (tertiary/aromatic N) is 3. The van der Waals surface area contributed by atoms with Crippen molar-refractivity contribution in [2.24, 2.45) is 0 Å². The van der Waals surface area contributed by atoms with Gasteiger partial charge in [-0.15, -0.1) is 0 Å². The number of halogens is 2. The molecular weight excluding hydrogens is 513 g/mol. The molecule has 2 aliphatic rings. The summed E-state index contributed by atoms with van der Waals surface area (Å²) in [6.45, 7) is 2.74. The lowest BCUT2D eigenvalue weighted by atomic mass is 9.86. The van der Waals surface area contributed by atoms with E-state index in [2.05, 4.69) is 11.0 Å². The summed E-state index contributed by atoms with van der Waals surface area (Å²) < 4.78 is 5.89. The van der Waals surface area contributed by atoms with Gasteiger partial charge in [-0.1, -0.05) is 71.4 Å². The standard InChI is InChI=1S/C28H23Cl2N3O2S/c1-18-24(29)7-4-8-26(18)32-16-33-27(34)13-22(23(14-31)28(33)36-17-32)19-9-11-21(12-10-19)35-15-20-5-2-3-6-25(20)30/h2-12,22H,13,15-17H2,1H3/t22-/m0/s1. The zero-order valence-electron chi connectivity index (χ0n) is 19.6. The fourth-order valence-corrected chi connectivity index (χ4v) is 6.03. The molecule has 0 spiro atoms. The molecule has 0 aliphatic carbocycles. The summed E-state index contributed by atoms with van der Waals surface area (Å²) >= 11 is 14.1. The van der Waals surface area contributed by atoms with Crippen LogP contribution in [-0.2, 0) is 11.4 Å². The Balaban J connectivity index is 1.34. The van der Waals surface area contributed by atoms with E-state index in [9.17, 15) is 10.1 Å². The van der Waals surface area contributed by atoms with Crippen LogP contribution in [0.1, 0.15) is 29.0 Å². The minimum atomic E-state index is -0.279. The minimum Gasteiger partial charge on any atom is -0.489 e. The Morgan fingerprint density at radius 2 is 1.81 bits per heavy atom. The first kappa shape index (κ1) is 24.6. The third-order valence-corrected chi connectivity index (χ3v) is 8.44. The van der Waals surface area contributed by atoms with Crippen LogP contribution in [0.15, 0.2) is 77.3 Å². The van der Waals surface area contributed by atoms with Crippen molar-refractivity contribution in [1.29, 1.82) is 5.26 Å². The van der Waals surface area contributed by atoms with Gasteiger partial charge in [0, 0.05) is 33.6 Å². The first-order chi connectivity index (χ1) is 17.5. The lowest BCUT2D eigenvalue weighted by Crippen LogP contribution is -2.47. The maximum Gasteiger partial charge on any atom is 0.229 e. The van der Waals surface area contributed by atoms with Crippen molar-refractivity contribution < 1.29 is 9.53 Å². The zero-order chi connectivity index (χ0) is 25.2. The number of carbonyl (C=O) groups is 1. The summed E-state index contributed by atoms with van der Waals surface area (Å²) in [5.41, 5.74) is 4.44. The Kier molecular flexibility index (Phi) is 7.15. The topological polar surface area (TPSA) is 56.6 Å². The molecule has 1 fully saturated rings. The van der Waals surface area contributed by atoms with Gasteiger partial charge in [0.1, 0.15) is 12.4 Å². The van der Waals surface area contributed by atoms with Gasteiger partial charge in [0.05, 0.1) is 29.2 Å². The predicted octanol–water partition coefficient (Wildman–Crippen LogP) is 7.10. The first-order valence-electron chi connectivity index (χ1n) is 11.5. The van der Waals surface area contributed by atoms with Crippen LogP contribution >= 0.6 is 35.0 Å². The number of fused-ring (bicyclic) bond motifs is 1. The molecule has 8 heteroatoms. The smallest absolute Gasteiger partial charge is 0.229 e. The van der Waals surface area contributed by atoms with E-state index in [0.29, 0.717) is 40.5 Å². The largest absolute Gasteiger partial charge is 0.489 e. The molecule has 0 saturated carbocycles. The van der Waals surface area contributed by atoms with E-state index in [0.717, 1.165) is 27.4 Å². The van der Waals surface area contributed by atoms with E-state index in [4.69, 9.17) is 27.9 Å². The first-order valence-corrected chi connectivity index (χ1v) is 13.2. The highest BCUT2D eigenvalue weighted by atomic mass is 35.5. The molecule has 1 saturated heterocycles. The Bertz CT molecular complexity index is 1380. The highest BCUT2D eigenvalue weighted by molar-refractivity contribution is 8.03. The fourth-order valence-electron chi connectivity index (χ4n) is 4.51. The Morgan fingerprint density at radius 3 is 2.56 bits per heavy atom. The van der Waals surface area contributed by atoms with Gasteiger partial charge in [-0.05, 0) is 48.4 Å². The Hall–Kier alpha value is -3.11. The quantitative estimate of drug-likeness (QED) is 0.348. The number of carbonyl (C=O) groups excluding carboxylic acids is 1. The van der Waals surface area contributed by atoms with Crippen LogP contribution in [0.25, 0.3) is 0 Å². The van der Waals surface area contributed by atoms with Gasteiger partial charge in [0.2, 0.25) is 5.91 Å². The van der Waals surface area contributed by atoms with E-state index in [1.165, 1.54) is 11.8 Å². The second-order valence-corrected chi connectivity index (χ2v) is 10.4. The number of amides is 1. The van der Waals surface area contributed by atoms with E-state index in [1.807, 2.05) is 73.7 Å². The number of benzene rings is 3. The third kappa shape index (κ3) is 4.79. The molecule has 1 atom stereocenters. The highest BCUT2D eigenvalue weighted by Crippen LogP contribution is 2.44. The van der Waals surface area contributed by atoms with Crippen LogP contribution in [0, 0.1) is 18.3 Å². The van der Waals surface area contributed by atoms with Gasteiger partial charge in [-0.2, -0.15) is 5.26 Å². The molecule has 1 amide bonds. The van der Waals surface area contributed by atoms with Crippen LogP contribution < -0.4 is 9.64 Å². The van der Waals surface area contributed by atoms with Gasteiger partial charge in [-0.3, -0.25) is 9.69 Å². The summed E-state index contributed by atoms with van der Waals surface area (Å²) in [4.78, 5) is 17.1. The fraction of sp³-hybridized carbons (Fsp3) is 0.214. The molecule has 3 aromatic rings. The average Bonchev–Trinajstić information content (AvgIpc) is 2.90. The summed E-state index contributed by atoms with van der Waals surface area (Å²) in [6, 6.07) is 23.4. The van der Waals surface area contributed by atoms with Gasteiger partial charge in [0.25, 0.3) is 0 Å². The summed E-state index contributed by atoms with van der Waals surface area (Å²) in [5.74, 6) is 1.06. The Labute approximate surface area is 224 Å². The van der Waals surface area contributed by atoms with Crippen LogP contribution in [0.5, 0.6) is 5.75 Å². The number of allylic oxidation sites excluding steroid dienone is 1. The number of thioether (sulfide) groups is 1. The van der Waals surface area contributed by atoms with Gasteiger partial charge in [0.15, 0.2) is 0 Å². The van der Waals surface area contributed by atoms with E-state index >= 15 is 0 Å². The lowest BCUT2D eigenvalue weighted by Gasteiger charge is -2.42. The van der Waals surface area contributed by atoms with Gasteiger partial charge in [-0.25, -0.2) is 0 Å². The van der Waals surface area contributed by atoms with Crippen molar-refractivity contribution >= 4 is 46.6 Å². The lowest BCUT2D eigenvalue weighted by molar-refractivity contribution is -0.129. The van der Waals surface area contributed by atoms with E-state index < -0.39 is 0 Å². The molecule has 0 unspecified atom stereocenters. The van der Waals surface area contributed by atoms with Crippen LogP contribution in [0.2, 0.25) is 10.0 Å². The number of hydrogen-bond acceptors (Lipinski definition) is 5. The minimum absolute atomic E-state index is 0.00456. The molecule has 182 valence electrons. The second kappa shape index (κ2) is 10.5. The van der Waals surface area contributed by atoms with Crippen LogP contribution in [0.4, 0.5) is 5.69 Å². The molecule has 0 N–H and O–H groups in total. The van der Waals surface area contributed by atoms with E-state index in [-0.39, 0.29) is 18.2 Å². The zero-order valence-corrected chi connectivity index (χ0v) is 21.9. The van der Waals surface area contributed by atoms with Crippen molar-refractivity contribution in [3.05, 3.63) is 104 Å². The molecule has 3 aromatic carbocycles.